The summed E-state index contributed by atoms with van der Waals surface area (Å²) in [7, 11) is -6.93. The summed E-state index contributed by atoms with van der Waals surface area (Å²) < 4.78 is 141. The van der Waals surface area contributed by atoms with E-state index in [-0.39, 0.29) is 47.9 Å². The quantitative estimate of drug-likeness (QED) is 0.0554. The van der Waals surface area contributed by atoms with E-state index in [1.54, 1.807) is 0 Å². The van der Waals surface area contributed by atoms with Crippen LogP contribution in [0, 0.1) is 23.2 Å². The van der Waals surface area contributed by atoms with Crippen molar-refractivity contribution in [3.8, 4) is 0 Å². The van der Waals surface area contributed by atoms with Crippen LogP contribution in [0.5, 0.6) is 0 Å². The Bertz CT molecular complexity index is 1750. The van der Waals surface area contributed by atoms with Crippen LogP contribution < -0.4 is 0 Å². The maximum absolute atomic E-state index is 14.1. The third-order valence-corrected chi connectivity index (χ3v) is 13.2. The van der Waals surface area contributed by atoms with Crippen LogP contribution in [-0.4, -0.2) is 61.3 Å². The average Bonchev–Trinajstić information content (AvgIpc) is 3.11. The predicted molar refractivity (Wildman–Crippen MR) is 184 cm³/mol. The summed E-state index contributed by atoms with van der Waals surface area (Å²) in [4.78, 5) is 29.6. The fourth-order valence-corrected chi connectivity index (χ4v) is 10.5. The number of benzene rings is 3. The Kier molecular flexibility index (Phi) is 12.7. The number of rotatable bonds is 13. The van der Waals surface area contributed by atoms with Gasteiger partial charge in [-0.15, -0.1) is 0 Å². The lowest BCUT2D eigenvalue weighted by atomic mass is 9.49. The molecule has 3 aromatic rings. The third-order valence-electron chi connectivity index (χ3n) is 10.0. The van der Waals surface area contributed by atoms with Crippen LogP contribution >= 0.6 is 0 Å². The zero-order valence-corrected chi connectivity index (χ0v) is 31.1. The molecule has 0 aliphatic heterocycles. The molecule has 4 aliphatic carbocycles. The van der Waals surface area contributed by atoms with Gasteiger partial charge in [0.1, 0.15) is 0 Å². The molecule has 7 rings (SSSR count). The van der Waals surface area contributed by atoms with E-state index in [1.165, 1.54) is 14.7 Å². The molecular weight excluding hydrogens is 782 g/mol. The molecule has 4 aliphatic rings. The second kappa shape index (κ2) is 16.4. The molecule has 0 amide bonds. The Balaban J connectivity index is 0.000000254. The highest BCUT2D eigenvalue weighted by Gasteiger charge is 2.70. The average molecular weight is 821 g/mol. The lowest BCUT2D eigenvalue weighted by Crippen LogP contribution is -2.61. The molecule has 3 aromatic carbocycles. The molecule has 8 nitrogen and oxygen atoms in total. The van der Waals surface area contributed by atoms with E-state index in [4.69, 9.17) is 0 Å². The van der Waals surface area contributed by atoms with Gasteiger partial charge in [0.25, 0.3) is 0 Å². The minimum atomic E-state index is -6.91. The molecule has 4 bridgehead atoms. The molecular formula is C38H39F7O8S2. The Morgan fingerprint density at radius 1 is 0.745 bits per heavy atom. The molecule has 0 aromatic heterocycles. The van der Waals surface area contributed by atoms with Crippen LogP contribution in [0.2, 0.25) is 0 Å². The van der Waals surface area contributed by atoms with Gasteiger partial charge in [-0.05, 0) is 99.6 Å². The van der Waals surface area contributed by atoms with Gasteiger partial charge in [-0.3, -0.25) is 4.79 Å². The SMILES string of the molecule is CCOC(=O)C(OCCC(F)(F)C(F)(F)S(=O)(=O)[O-])(OC(=O)C12CC3CC(CC(C3)C1)C2)C(F)(F)F.c1ccc([S+](c2ccccc2)c2ccccc2)cc1. The van der Waals surface area contributed by atoms with Gasteiger partial charge >= 0.3 is 35.1 Å². The third kappa shape index (κ3) is 8.99. The number of hydrogen-bond donors (Lipinski definition) is 0. The van der Waals surface area contributed by atoms with Gasteiger partial charge in [-0.25, -0.2) is 13.2 Å². The smallest absolute Gasteiger partial charge is 0.468 e. The summed E-state index contributed by atoms with van der Waals surface area (Å²) in [6.45, 7) is -1.64. The Labute approximate surface area is 316 Å². The van der Waals surface area contributed by atoms with Crippen molar-refractivity contribution < 1.29 is 67.5 Å². The first-order valence-corrected chi connectivity index (χ1v) is 20.1. The molecule has 55 heavy (non-hydrogen) atoms. The summed E-state index contributed by atoms with van der Waals surface area (Å²) in [5.41, 5.74) is -1.37. The molecule has 0 saturated heterocycles. The Hall–Kier alpha value is -3.67. The van der Waals surface area contributed by atoms with Crippen LogP contribution in [0.3, 0.4) is 0 Å². The van der Waals surface area contributed by atoms with Crippen molar-refractivity contribution in [2.24, 2.45) is 23.2 Å². The van der Waals surface area contributed by atoms with E-state index in [2.05, 4.69) is 105 Å². The van der Waals surface area contributed by atoms with Gasteiger partial charge in [-0.2, -0.15) is 30.7 Å². The molecule has 0 radical (unpaired) electrons. The Morgan fingerprint density at radius 2 is 1.15 bits per heavy atom. The second-order valence-electron chi connectivity index (χ2n) is 13.9. The Morgan fingerprint density at radius 3 is 1.49 bits per heavy atom. The lowest BCUT2D eigenvalue weighted by molar-refractivity contribution is -0.361. The van der Waals surface area contributed by atoms with E-state index in [0.29, 0.717) is 0 Å². The first kappa shape index (κ1) is 42.5. The van der Waals surface area contributed by atoms with Crippen molar-refractivity contribution in [2.75, 3.05) is 13.2 Å². The van der Waals surface area contributed by atoms with Crippen LogP contribution in [0.15, 0.2) is 106 Å². The van der Waals surface area contributed by atoms with Gasteiger partial charge in [0.2, 0.25) is 0 Å². The zero-order valence-electron chi connectivity index (χ0n) is 29.5. The lowest BCUT2D eigenvalue weighted by Gasteiger charge is -2.55. The maximum atomic E-state index is 14.1. The van der Waals surface area contributed by atoms with Crippen molar-refractivity contribution in [1.29, 1.82) is 0 Å². The second-order valence-corrected chi connectivity index (χ2v) is 17.4. The minimum absolute atomic E-state index is 0.0146. The first-order valence-electron chi connectivity index (χ1n) is 17.5. The van der Waals surface area contributed by atoms with Crippen LogP contribution in [0.25, 0.3) is 0 Å². The highest BCUT2D eigenvalue weighted by molar-refractivity contribution is 7.97. The van der Waals surface area contributed by atoms with E-state index < -0.39 is 70.2 Å². The number of esters is 2. The number of carbonyl (C=O) groups is 2. The number of ether oxygens (including phenoxy) is 3. The van der Waals surface area contributed by atoms with E-state index in [0.717, 1.165) is 26.2 Å². The van der Waals surface area contributed by atoms with E-state index in [1.807, 2.05) is 0 Å². The molecule has 300 valence electrons. The van der Waals surface area contributed by atoms with Crippen LogP contribution in [0.1, 0.15) is 51.9 Å². The number of carbonyl (C=O) groups excluding carboxylic acids is 2. The summed E-state index contributed by atoms with van der Waals surface area (Å²) >= 11 is 0. The first-order chi connectivity index (χ1) is 25.8. The van der Waals surface area contributed by atoms with Gasteiger partial charge in [0.05, 0.1) is 29.5 Å². The molecule has 1 atom stereocenters. The van der Waals surface area contributed by atoms with E-state index >= 15 is 0 Å². The van der Waals surface area contributed by atoms with Crippen LogP contribution in [-0.2, 0) is 44.8 Å². The monoisotopic (exact) mass is 820 g/mol. The van der Waals surface area contributed by atoms with Crippen molar-refractivity contribution in [3.05, 3.63) is 91.0 Å². The summed E-state index contributed by atoms with van der Waals surface area (Å²) in [6, 6.07) is 32.2. The highest BCUT2D eigenvalue weighted by atomic mass is 32.2. The molecule has 17 heteroatoms. The van der Waals surface area contributed by atoms with Gasteiger partial charge < -0.3 is 18.8 Å². The highest BCUT2D eigenvalue weighted by Crippen LogP contribution is 2.61. The standard InChI is InChI=1S/C20H25F7O8S.C18H15S/c1-2-33-15(29)18(19(23,24)25,34-4-3-17(21,22)20(26,27)36(30,31)32)35-14(28)16-8-11-5-12(9-16)7-13(6-11)10-16;1-4-10-16(11-5-1)19(17-12-6-2-7-13-17)18-14-8-3-9-15-18/h11-13H,2-10H2,1H3,(H,30,31,32);1-15H/q;+1/p-1. The molecule has 0 N–H and O–H groups in total. The van der Waals surface area contributed by atoms with Gasteiger partial charge in [-0.1, -0.05) is 54.6 Å². The molecule has 1 unspecified atom stereocenters. The molecule has 4 fully saturated rings. The zero-order chi connectivity index (χ0) is 40.3. The fourth-order valence-electron chi connectivity index (χ4n) is 7.94. The predicted octanol–water partition coefficient (Wildman–Crippen LogP) is 8.53. The molecule has 0 heterocycles. The van der Waals surface area contributed by atoms with Gasteiger partial charge in [0, 0.05) is 6.42 Å². The van der Waals surface area contributed by atoms with Crippen molar-refractivity contribution >= 4 is 33.0 Å². The van der Waals surface area contributed by atoms with Crippen LogP contribution in [0.4, 0.5) is 30.7 Å². The van der Waals surface area contributed by atoms with Crippen molar-refractivity contribution in [3.63, 3.8) is 0 Å². The fraction of sp³-hybridized carbons (Fsp3) is 0.474. The minimum Gasteiger partial charge on any atom is -0.743 e. The van der Waals surface area contributed by atoms with Crippen molar-refractivity contribution in [2.45, 2.75) is 89.7 Å². The number of alkyl halides is 7. The van der Waals surface area contributed by atoms with Crippen molar-refractivity contribution in [1.82, 2.24) is 0 Å². The normalized spacial score (nSPS) is 23.3. The number of hydrogen-bond acceptors (Lipinski definition) is 8. The van der Waals surface area contributed by atoms with Gasteiger partial charge in [0.15, 0.2) is 24.8 Å². The summed E-state index contributed by atoms with van der Waals surface area (Å²) in [5, 5.41) is -6.19. The summed E-state index contributed by atoms with van der Waals surface area (Å²) in [6.07, 6.45) is -5.39. The molecule has 4 saturated carbocycles. The summed E-state index contributed by atoms with van der Waals surface area (Å²) in [5.74, 6) is -13.9. The largest absolute Gasteiger partial charge is 0.743 e. The number of halogens is 7. The maximum Gasteiger partial charge on any atom is 0.468 e. The van der Waals surface area contributed by atoms with E-state index in [9.17, 15) is 53.3 Å². The topological polar surface area (TPSA) is 119 Å². The molecule has 0 spiro atoms.